The van der Waals surface area contributed by atoms with Gasteiger partial charge in [0.25, 0.3) is 0 Å². The number of pyridine rings is 1. The highest BCUT2D eigenvalue weighted by atomic mass is 79.9. The fourth-order valence-corrected chi connectivity index (χ4v) is 2.21. The Labute approximate surface area is 115 Å². The van der Waals surface area contributed by atoms with E-state index in [2.05, 4.69) is 20.9 Å². The van der Waals surface area contributed by atoms with Gasteiger partial charge >= 0.3 is 0 Å². The first-order valence-electron chi connectivity index (χ1n) is 5.84. The van der Waals surface area contributed by atoms with Crippen LogP contribution in [0.3, 0.4) is 0 Å². The smallest absolute Gasteiger partial charge is 0.139 e. The molecule has 2 N–H and O–H groups in total. The van der Waals surface area contributed by atoms with Crippen LogP contribution in [0.15, 0.2) is 22.9 Å². The van der Waals surface area contributed by atoms with Crippen LogP contribution >= 0.6 is 15.9 Å². The Balaban J connectivity index is 1.85. The van der Waals surface area contributed by atoms with E-state index in [0.29, 0.717) is 13.2 Å². The van der Waals surface area contributed by atoms with Crippen molar-refractivity contribution < 1.29 is 14.2 Å². The maximum atomic E-state index is 5.91. The highest BCUT2D eigenvalue weighted by Gasteiger charge is 2.41. The van der Waals surface area contributed by atoms with Crippen molar-refractivity contribution in [1.29, 1.82) is 0 Å². The summed E-state index contributed by atoms with van der Waals surface area (Å²) in [6, 6.07) is 1.91. The van der Waals surface area contributed by atoms with E-state index in [4.69, 9.17) is 19.9 Å². The van der Waals surface area contributed by atoms with E-state index >= 15 is 0 Å². The molecule has 1 aromatic heterocycles. The summed E-state index contributed by atoms with van der Waals surface area (Å²) in [6.45, 7) is 1.10. The van der Waals surface area contributed by atoms with E-state index in [9.17, 15) is 0 Å². The normalized spacial score (nSPS) is 26.7. The molecule has 0 radical (unpaired) electrons. The number of nitrogens with zero attached hydrogens (tertiary/aromatic N) is 1. The number of ether oxygens (including phenoxy) is 3. The van der Waals surface area contributed by atoms with Crippen LogP contribution in [-0.2, 0) is 9.47 Å². The molecule has 1 aliphatic rings. The lowest BCUT2D eigenvalue weighted by Gasteiger charge is -2.41. The van der Waals surface area contributed by atoms with Gasteiger partial charge in [0.15, 0.2) is 0 Å². The Morgan fingerprint density at radius 1 is 1.44 bits per heavy atom. The van der Waals surface area contributed by atoms with Crippen LogP contribution in [0.4, 0.5) is 0 Å². The molecule has 3 atom stereocenters. The highest BCUT2D eigenvalue weighted by Crippen LogP contribution is 2.28. The molecule has 1 aromatic rings. The predicted molar refractivity (Wildman–Crippen MR) is 70.6 cm³/mol. The summed E-state index contributed by atoms with van der Waals surface area (Å²) in [5, 5.41) is 0. The summed E-state index contributed by atoms with van der Waals surface area (Å²) < 4.78 is 17.3. The van der Waals surface area contributed by atoms with Crippen LogP contribution in [0.25, 0.3) is 0 Å². The average molecular weight is 317 g/mol. The van der Waals surface area contributed by atoms with Crippen molar-refractivity contribution in [2.75, 3.05) is 20.3 Å². The second kappa shape index (κ2) is 6.47. The van der Waals surface area contributed by atoms with Gasteiger partial charge in [0.05, 0.1) is 19.4 Å². The topological polar surface area (TPSA) is 66.6 Å². The minimum atomic E-state index is -0.0702. The fraction of sp³-hybridized carbons (Fsp3) is 0.583. The molecule has 0 saturated heterocycles. The van der Waals surface area contributed by atoms with Crippen molar-refractivity contribution in [3.63, 3.8) is 0 Å². The first-order valence-corrected chi connectivity index (χ1v) is 6.63. The molecule has 6 heteroatoms. The van der Waals surface area contributed by atoms with Crippen molar-refractivity contribution >= 4 is 15.9 Å². The molecule has 1 saturated carbocycles. The van der Waals surface area contributed by atoms with Crippen LogP contribution < -0.4 is 10.5 Å². The van der Waals surface area contributed by atoms with Gasteiger partial charge in [-0.15, -0.1) is 0 Å². The summed E-state index contributed by atoms with van der Waals surface area (Å²) in [5.74, 6) is 0.724. The van der Waals surface area contributed by atoms with Crippen LogP contribution in [-0.4, -0.2) is 43.6 Å². The average Bonchev–Trinajstić information content (AvgIpc) is 2.34. The van der Waals surface area contributed by atoms with E-state index in [0.717, 1.165) is 16.6 Å². The zero-order valence-electron chi connectivity index (χ0n) is 10.2. The molecule has 0 aliphatic heterocycles. The maximum Gasteiger partial charge on any atom is 0.139 e. The van der Waals surface area contributed by atoms with Crippen LogP contribution in [0.1, 0.15) is 6.42 Å². The van der Waals surface area contributed by atoms with Gasteiger partial charge in [-0.1, -0.05) is 0 Å². The molecule has 2 rings (SSSR count). The molecule has 1 aliphatic carbocycles. The number of rotatable bonds is 6. The maximum absolute atomic E-state index is 5.91. The second-order valence-electron chi connectivity index (χ2n) is 4.22. The number of aromatic nitrogens is 1. The van der Waals surface area contributed by atoms with Crippen molar-refractivity contribution in [2.24, 2.45) is 5.73 Å². The lowest BCUT2D eigenvalue weighted by Crippen LogP contribution is -2.59. The zero-order chi connectivity index (χ0) is 13.0. The van der Waals surface area contributed by atoms with Gasteiger partial charge in [-0.05, 0) is 22.0 Å². The lowest BCUT2D eigenvalue weighted by molar-refractivity contribution is -0.107. The van der Waals surface area contributed by atoms with E-state index < -0.39 is 0 Å². The third-order valence-electron chi connectivity index (χ3n) is 2.86. The van der Waals surface area contributed by atoms with E-state index in [-0.39, 0.29) is 18.2 Å². The minimum Gasteiger partial charge on any atom is -0.486 e. The number of nitrogens with two attached hydrogens (primary N) is 1. The summed E-state index contributed by atoms with van der Waals surface area (Å²) in [4.78, 5) is 4.05. The third kappa shape index (κ3) is 3.41. The molecule has 0 spiro atoms. The quantitative estimate of drug-likeness (QED) is 0.803. The SMILES string of the molecule is COCCOC1C(N)CC1Oc1cncc(Br)c1. The Kier molecular flexibility index (Phi) is 4.94. The van der Waals surface area contributed by atoms with Gasteiger partial charge in [0.2, 0.25) is 0 Å². The molecule has 1 heterocycles. The molecule has 0 aromatic carbocycles. The molecule has 100 valence electrons. The molecular formula is C12H17BrN2O3. The fourth-order valence-electron chi connectivity index (χ4n) is 1.86. The van der Waals surface area contributed by atoms with Gasteiger partial charge in [-0.2, -0.15) is 0 Å². The van der Waals surface area contributed by atoms with E-state index in [1.54, 1.807) is 19.5 Å². The number of methoxy groups -OCH3 is 1. The summed E-state index contributed by atoms with van der Waals surface area (Å²) in [7, 11) is 1.64. The monoisotopic (exact) mass is 316 g/mol. The van der Waals surface area contributed by atoms with E-state index in [1.165, 1.54) is 0 Å². The Bertz CT molecular complexity index is 391. The Morgan fingerprint density at radius 2 is 2.28 bits per heavy atom. The minimum absolute atomic E-state index is 0.00652. The summed E-state index contributed by atoms with van der Waals surface area (Å²) >= 11 is 3.36. The predicted octanol–water partition coefficient (Wildman–Crippen LogP) is 1.35. The molecule has 0 amide bonds. The second-order valence-corrected chi connectivity index (χ2v) is 5.14. The molecule has 0 bridgehead atoms. The number of hydrogen-bond donors (Lipinski definition) is 1. The zero-order valence-corrected chi connectivity index (χ0v) is 11.8. The lowest BCUT2D eigenvalue weighted by atomic mass is 9.86. The van der Waals surface area contributed by atoms with Crippen molar-refractivity contribution in [3.05, 3.63) is 22.9 Å². The molecule has 18 heavy (non-hydrogen) atoms. The summed E-state index contributed by atoms with van der Waals surface area (Å²) in [6.07, 6.45) is 4.11. The molecule has 5 nitrogen and oxygen atoms in total. The van der Waals surface area contributed by atoms with Gasteiger partial charge in [-0.3, -0.25) is 4.98 Å². The first-order chi connectivity index (χ1) is 8.70. The van der Waals surface area contributed by atoms with Crippen molar-refractivity contribution in [2.45, 2.75) is 24.7 Å². The van der Waals surface area contributed by atoms with Crippen LogP contribution in [0.2, 0.25) is 0 Å². The molecule has 1 fully saturated rings. The van der Waals surface area contributed by atoms with Gasteiger partial charge in [0, 0.05) is 30.2 Å². The third-order valence-corrected chi connectivity index (χ3v) is 3.29. The Hall–Kier alpha value is -0.690. The summed E-state index contributed by atoms with van der Waals surface area (Å²) in [5.41, 5.74) is 5.91. The van der Waals surface area contributed by atoms with Gasteiger partial charge in [0.1, 0.15) is 18.0 Å². The first kappa shape index (κ1) is 13.7. The largest absolute Gasteiger partial charge is 0.486 e. The highest BCUT2D eigenvalue weighted by molar-refractivity contribution is 9.10. The van der Waals surface area contributed by atoms with E-state index in [1.807, 2.05) is 6.07 Å². The molecular weight excluding hydrogens is 300 g/mol. The molecule has 3 unspecified atom stereocenters. The van der Waals surface area contributed by atoms with Crippen molar-refractivity contribution in [1.82, 2.24) is 4.98 Å². The Morgan fingerprint density at radius 3 is 2.94 bits per heavy atom. The van der Waals surface area contributed by atoms with Crippen molar-refractivity contribution in [3.8, 4) is 5.75 Å². The van der Waals surface area contributed by atoms with Crippen LogP contribution in [0, 0.1) is 0 Å². The number of hydrogen-bond acceptors (Lipinski definition) is 5. The van der Waals surface area contributed by atoms with Gasteiger partial charge in [-0.25, -0.2) is 0 Å². The number of halogens is 1. The van der Waals surface area contributed by atoms with Crippen LogP contribution in [0.5, 0.6) is 5.75 Å². The standard InChI is InChI=1S/C12H17BrN2O3/c1-16-2-3-17-12-10(14)5-11(12)18-9-4-8(13)6-15-7-9/h4,6-7,10-12H,2-3,5,14H2,1H3. The van der Waals surface area contributed by atoms with Gasteiger partial charge < -0.3 is 19.9 Å².